The Kier molecular flexibility index (Phi) is 7.89. The molecule has 0 aromatic carbocycles. The van der Waals surface area contributed by atoms with Gasteiger partial charge >= 0.3 is 0 Å². The van der Waals surface area contributed by atoms with Crippen molar-refractivity contribution in [3.63, 3.8) is 0 Å². The summed E-state index contributed by atoms with van der Waals surface area (Å²) in [6.45, 7) is 7.46. The van der Waals surface area contributed by atoms with Crippen LogP contribution in [0.4, 0.5) is 5.13 Å². The van der Waals surface area contributed by atoms with Crippen molar-refractivity contribution in [2.45, 2.75) is 19.8 Å². The Balaban J connectivity index is 0.00000121. The molecule has 0 radical (unpaired) electrons. The number of hydrogen-bond donors (Lipinski definition) is 1. The normalized spacial score (nSPS) is 21.2. The number of amides is 1. The Labute approximate surface area is 148 Å². The number of piperazine rings is 1. The van der Waals surface area contributed by atoms with Crippen LogP contribution in [0, 0.1) is 5.92 Å². The van der Waals surface area contributed by atoms with Crippen LogP contribution in [0.15, 0.2) is 6.20 Å². The van der Waals surface area contributed by atoms with Gasteiger partial charge in [0.25, 0.3) is 0 Å². The van der Waals surface area contributed by atoms with Crippen LogP contribution in [0.5, 0.6) is 0 Å². The SMILES string of the molecule is CCc1cnc(N2CCN(C(=O)C3CCNC3)CC2)s1.Cl.Cl. The summed E-state index contributed by atoms with van der Waals surface area (Å²) in [5.74, 6) is 0.538. The van der Waals surface area contributed by atoms with Crippen molar-refractivity contribution in [3.05, 3.63) is 11.1 Å². The van der Waals surface area contributed by atoms with E-state index in [1.165, 1.54) is 4.88 Å². The number of nitrogens with zero attached hydrogens (tertiary/aromatic N) is 3. The quantitative estimate of drug-likeness (QED) is 0.885. The molecule has 1 atom stereocenters. The molecule has 0 aliphatic carbocycles. The topological polar surface area (TPSA) is 48.5 Å². The lowest BCUT2D eigenvalue weighted by molar-refractivity contribution is -0.135. The van der Waals surface area contributed by atoms with E-state index in [1.54, 1.807) is 11.3 Å². The summed E-state index contributed by atoms with van der Waals surface area (Å²) in [7, 11) is 0. The third kappa shape index (κ3) is 4.25. The van der Waals surface area contributed by atoms with E-state index < -0.39 is 0 Å². The van der Waals surface area contributed by atoms with Crippen LogP contribution < -0.4 is 10.2 Å². The molecule has 2 aliphatic rings. The lowest BCUT2D eigenvalue weighted by Crippen LogP contribution is -2.50. The van der Waals surface area contributed by atoms with Crippen LogP contribution in [0.25, 0.3) is 0 Å². The van der Waals surface area contributed by atoms with E-state index in [-0.39, 0.29) is 30.7 Å². The highest BCUT2D eigenvalue weighted by Gasteiger charge is 2.29. The molecular weight excluding hydrogens is 343 g/mol. The minimum absolute atomic E-state index is 0. The van der Waals surface area contributed by atoms with Gasteiger partial charge in [0.05, 0.1) is 5.92 Å². The Hall–Kier alpha value is -0.560. The summed E-state index contributed by atoms with van der Waals surface area (Å²) >= 11 is 1.78. The first-order valence-electron chi connectivity index (χ1n) is 7.47. The van der Waals surface area contributed by atoms with Crippen molar-refractivity contribution >= 4 is 47.2 Å². The van der Waals surface area contributed by atoms with Gasteiger partial charge in [-0.1, -0.05) is 6.92 Å². The number of nitrogens with one attached hydrogen (secondary N) is 1. The van der Waals surface area contributed by atoms with E-state index >= 15 is 0 Å². The molecule has 3 rings (SSSR count). The standard InChI is InChI=1S/C14H22N4OS.2ClH/c1-2-12-10-16-14(20-12)18-7-5-17(6-8-18)13(19)11-3-4-15-9-11;;/h10-11,15H,2-9H2,1H3;2*1H. The van der Waals surface area contributed by atoms with Gasteiger partial charge in [-0.3, -0.25) is 4.79 Å². The number of halogens is 2. The second-order valence-corrected chi connectivity index (χ2v) is 6.56. The molecule has 2 saturated heterocycles. The van der Waals surface area contributed by atoms with E-state index in [9.17, 15) is 4.79 Å². The highest BCUT2D eigenvalue weighted by Crippen LogP contribution is 2.24. The van der Waals surface area contributed by atoms with Gasteiger partial charge in [-0.25, -0.2) is 4.98 Å². The van der Waals surface area contributed by atoms with Crippen molar-refractivity contribution in [1.82, 2.24) is 15.2 Å². The van der Waals surface area contributed by atoms with Crippen molar-refractivity contribution in [2.24, 2.45) is 5.92 Å². The van der Waals surface area contributed by atoms with Crippen molar-refractivity contribution in [3.8, 4) is 0 Å². The lowest BCUT2D eigenvalue weighted by atomic mass is 10.1. The van der Waals surface area contributed by atoms with Crippen LogP contribution in [-0.2, 0) is 11.2 Å². The summed E-state index contributed by atoms with van der Waals surface area (Å²) in [5, 5.41) is 4.38. The van der Waals surface area contributed by atoms with Gasteiger partial charge in [-0.2, -0.15) is 0 Å². The smallest absolute Gasteiger partial charge is 0.227 e. The van der Waals surface area contributed by atoms with Crippen molar-refractivity contribution < 1.29 is 4.79 Å². The number of carbonyl (C=O) groups is 1. The van der Waals surface area contributed by atoms with Crippen LogP contribution in [-0.4, -0.2) is 55.1 Å². The first kappa shape index (κ1) is 19.5. The second kappa shape index (κ2) is 8.91. The minimum Gasteiger partial charge on any atom is -0.345 e. The summed E-state index contributed by atoms with van der Waals surface area (Å²) in [4.78, 5) is 22.5. The predicted molar refractivity (Wildman–Crippen MR) is 95.8 cm³/mol. The third-order valence-electron chi connectivity index (χ3n) is 4.16. The summed E-state index contributed by atoms with van der Waals surface area (Å²) in [6.07, 6.45) is 4.01. The summed E-state index contributed by atoms with van der Waals surface area (Å²) in [6, 6.07) is 0. The Bertz CT molecular complexity index is 471. The molecule has 1 aromatic rings. The van der Waals surface area contributed by atoms with Crippen LogP contribution >= 0.6 is 36.2 Å². The highest BCUT2D eigenvalue weighted by atomic mass is 35.5. The molecule has 5 nitrogen and oxygen atoms in total. The van der Waals surface area contributed by atoms with Crippen LogP contribution in [0.1, 0.15) is 18.2 Å². The maximum absolute atomic E-state index is 12.3. The first-order chi connectivity index (χ1) is 9.78. The van der Waals surface area contributed by atoms with Crippen LogP contribution in [0.2, 0.25) is 0 Å². The summed E-state index contributed by atoms with van der Waals surface area (Å²) < 4.78 is 0. The lowest BCUT2D eigenvalue weighted by Gasteiger charge is -2.35. The van der Waals surface area contributed by atoms with E-state index in [0.29, 0.717) is 5.91 Å². The number of thiazole rings is 1. The number of aryl methyl sites for hydroxylation is 1. The molecule has 1 N–H and O–H groups in total. The van der Waals surface area contributed by atoms with Gasteiger partial charge in [0.2, 0.25) is 5.91 Å². The highest BCUT2D eigenvalue weighted by molar-refractivity contribution is 7.15. The van der Waals surface area contributed by atoms with Gasteiger partial charge in [0.1, 0.15) is 0 Å². The molecule has 126 valence electrons. The fourth-order valence-electron chi connectivity index (χ4n) is 2.85. The molecule has 0 saturated carbocycles. The Morgan fingerprint density at radius 1 is 1.36 bits per heavy atom. The number of anilines is 1. The predicted octanol–water partition coefficient (Wildman–Crippen LogP) is 1.81. The van der Waals surface area contributed by atoms with Crippen molar-refractivity contribution in [2.75, 3.05) is 44.2 Å². The molecule has 8 heteroatoms. The molecular formula is C14H24Cl2N4OS. The van der Waals surface area contributed by atoms with Gasteiger partial charge in [-0.05, 0) is 19.4 Å². The third-order valence-corrected chi connectivity index (χ3v) is 5.36. The molecule has 3 heterocycles. The fraction of sp³-hybridized carbons (Fsp3) is 0.714. The number of carbonyl (C=O) groups excluding carboxylic acids is 1. The van der Waals surface area contributed by atoms with Gasteiger partial charge in [0, 0.05) is 43.8 Å². The average Bonchev–Trinajstić information content (AvgIpc) is 3.18. The van der Waals surface area contributed by atoms with E-state index in [4.69, 9.17) is 0 Å². The molecule has 0 spiro atoms. The monoisotopic (exact) mass is 366 g/mol. The van der Waals surface area contributed by atoms with E-state index in [1.807, 2.05) is 11.1 Å². The van der Waals surface area contributed by atoms with E-state index in [2.05, 4.69) is 22.1 Å². The van der Waals surface area contributed by atoms with Crippen molar-refractivity contribution in [1.29, 1.82) is 0 Å². The van der Waals surface area contributed by atoms with Crippen LogP contribution in [0.3, 0.4) is 0 Å². The zero-order chi connectivity index (χ0) is 13.9. The molecule has 2 aliphatic heterocycles. The van der Waals surface area contributed by atoms with Gasteiger partial charge < -0.3 is 15.1 Å². The van der Waals surface area contributed by atoms with Gasteiger partial charge in [0.15, 0.2) is 5.13 Å². The molecule has 1 amide bonds. The number of hydrogen-bond acceptors (Lipinski definition) is 5. The Morgan fingerprint density at radius 3 is 2.64 bits per heavy atom. The second-order valence-electron chi connectivity index (χ2n) is 5.46. The zero-order valence-corrected chi connectivity index (χ0v) is 15.2. The average molecular weight is 367 g/mol. The first-order valence-corrected chi connectivity index (χ1v) is 8.28. The maximum atomic E-state index is 12.3. The molecule has 1 unspecified atom stereocenters. The molecule has 22 heavy (non-hydrogen) atoms. The molecule has 2 fully saturated rings. The number of aromatic nitrogens is 1. The number of rotatable bonds is 3. The Morgan fingerprint density at radius 2 is 2.09 bits per heavy atom. The van der Waals surface area contributed by atoms with Gasteiger partial charge in [-0.15, -0.1) is 36.2 Å². The largest absolute Gasteiger partial charge is 0.345 e. The van der Waals surface area contributed by atoms with E-state index in [0.717, 1.165) is 57.2 Å². The minimum atomic E-state index is 0. The maximum Gasteiger partial charge on any atom is 0.227 e. The molecule has 0 bridgehead atoms. The zero-order valence-electron chi connectivity index (χ0n) is 12.8. The molecule has 1 aromatic heterocycles. The summed E-state index contributed by atoms with van der Waals surface area (Å²) in [5.41, 5.74) is 0. The fourth-order valence-corrected chi connectivity index (χ4v) is 3.75.